The second kappa shape index (κ2) is 6.18. The van der Waals surface area contributed by atoms with Crippen LogP contribution in [0.5, 0.6) is 0 Å². The molecule has 0 amide bonds. The van der Waals surface area contributed by atoms with Crippen molar-refractivity contribution in [1.82, 2.24) is 10.2 Å². The Bertz CT molecular complexity index is 349. The van der Waals surface area contributed by atoms with Gasteiger partial charge in [0.25, 0.3) is 0 Å². The number of nitrogens with one attached hydrogen (secondary N) is 1. The van der Waals surface area contributed by atoms with Gasteiger partial charge in [0.1, 0.15) is 0 Å². The standard InChI is InChI=1S/C15H24N2/c1-13(9-10-16-2)17-11-5-8-14-6-3-4-7-15(14)12-17/h3-4,6-7,13,16H,5,8-12H2,1-2H3. The van der Waals surface area contributed by atoms with Crippen molar-refractivity contribution in [1.29, 1.82) is 0 Å². The summed E-state index contributed by atoms with van der Waals surface area (Å²) in [6.07, 6.45) is 3.77. The maximum absolute atomic E-state index is 3.25. The zero-order chi connectivity index (χ0) is 12.1. The highest BCUT2D eigenvalue weighted by atomic mass is 15.1. The van der Waals surface area contributed by atoms with Gasteiger partial charge in [-0.15, -0.1) is 0 Å². The molecule has 0 fully saturated rings. The van der Waals surface area contributed by atoms with E-state index in [1.807, 2.05) is 7.05 Å². The molecule has 0 saturated heterocycles. The molecule has 17 heavy (non-hydrogen) atoms. The van der Waals surface area contributed by atoms with Crippen molar-refractivity contribution >= 4 is 0 Å². The van der Waals surface area contributed by atoms with Gasteiger partial charge in [0, 0.05) is 12.6 Å². The van der Waals surface area contributed by atoms with E-state index in [-0.39, 0.29) is 0 Å². The fourth-order valence-corrected chi connectivity index (χ4v) is 2.64. The van der Waals surface area contributed by atoms with Crippen LogP contribution in [0.2, 0.25) is 0 Å². The minimum atomic E-state index is 0.675. The van der Waals surface area contributed by atoms with Crippen LogP contribution in [-0.4, -0.2) is 31.1 Å². The molecule has 2 nitrogen and oxygen atoms in total. The molecule has 2 rings (SSSR count). The van der Waals surface area contributed by atoms with E-state index in [4.69, 9.17) is 0 Å². The van der Waals surface area contributed by atoms with Crippen LogP contribution in [-0.2, 0) is 13.0 Å². The van der Waals surface area contributed by atoms with Crippen molar-refractivity contribution < 1.29 is 0 Å². The van der Waals surface area contributed by atoms with Crippen LogP contribution in [0.4, 0.5) is 0 Å². The van der Waals surface area contributed by atoms with E-state index in [0.717, 1.165) is 13.1 Å². The Morgan fingerprint density at radius 3 is 2.82 bits per heavy atom. The molecule has 0 saturated carbocycles. The SMILES string of the molecule is CNCCC(C)N1CCCc2ccccc2C1. The molecule has 0 bridgehead atoms. The maximum atomic E-state index is 3.25. The fraction of sp³-hybridized carbons (Fsp3) is 0.600. The Labute approximate surface area is 105 Å². The number of fused-ring (bicyclic) bond motifs is 1. The molecule has 1 aromatic carbocycles. The molecule has 0 aliphatic carbocycles. The third kappa shape index (κ3) is 3.30. The lowest BCUT2D eigenvalue weighted by Gasteiger charge is -2.27. The molecule has 0 radical (unpaired) electrons. The molecule has 94 valence electrons. The largest absolute Gasteiger partial charge is 0.320 e. The van der Waals surface area contributed by atoms with Gasteiger partial charge in [0.05, 0.1) is 0 Å². The Hall–Kier alpha value is -0.860. The molecule has 1 heterocycles. The van der Waals surface area contributed by atoms with Crippen molar-refractivity contribution in [2.45, 2.75) is 38.8 Å². The Kier molecular flexibility index (Phi) is 4.57. The van der Waals surface area contributed by atoms with Crippen LogP contribution in [0.3, 0.4) is 0 Å². The quantitative estimate of drug-likeness (QED) is 0.857. The Morgan fingerprint density at radius 1 is 1.29 bits per heavy atom. The van der Waals surface area contributed by atoms with Crippen LogP contribution >= 0.6 is 0 Å². The summed E-state index contributed by atoms with van der Waals surface area (Å²) >= 11 is 0. The minimum Gasteiger partial charge on any atom is -0.320 e. The van der Waals surface area contributed by atoms with E-state index < -0.39 is 0 Å². The van der Waals surface area contributed by atoms with E-state index >= 15 is 0 Å². The molecule has 0 spiro atoms. The third-order valence-electron chi connectivity index (χ3n) is 3.82. The zero-order valence-corrected chi connectivity index (χ0v) is 11.1. The number of nitrogens with zero attached hydrogens (tertiary/aromatic N) is 1. The zero-order valence-electron chi connectivity index (χ0n) is 11.1. The van der Waals surface area contributed by atoms with Crippen molar-refractivity contribution in [3.63, 3.8) is 0 Å². The van der Waals surface area contributed by atoms with Gasteiger partial charge in [-0.1, -0.05) is 24.3 Å². The highest BCUT2D eigenvalue weighted by molar-refractivity contribution is 5.28. The Balaban J connectivity index is 2.02. The number of rotatable bonds is 4. The summed E-state index contributed by atoms with van der Waals surface area (Å²) in [4.78, 5) is 2.63. The molecule has 1 unspecified atom stereocenters. The van der Waals surface area contributed by atoms with Crippen LogP contribution in [0.1, 0.15) is 30.9 Å². The average Bonchev–Trinajstić information content (AvgIpc) is 2.58. The van der Waals surface area contributed by atoms with E-state index in [1.54, 1.807) is 5.56 Å². The maximum Gasteiger partial charge on any atom is 0.0239 e. The van der Waals surface area contributed by atoms with Gasteiger partial charge >= 0.3 is 0 Å². The van der Waals surface area contributed by atoms with Crippen LogP contribution in [0.15, 0.2) is 24.3 Å². The van der Waals surface area contributed by atoms with Crippen molar-refractivity contribution in [2.75, 3.05) is 20.1 Å². The van der Waals surface area contributed by atoms with E-state index in [1.165, 1.54) is 31.4 Å². The van der Waals surface area contributed by atoms with Gasteiger partial charge < -0.3 is 5.32 Å². The number of benzene rings is 1. The summed E-state index contributed by atoms with van der Waals surface area (Å²) in [5.41, 5.74) is 3.08. The third-order valence-corrected chi connectivity index (χ3v) is 3.82. The summed E-state index contributed by atoms with van der Waals surface area (Å²) in [5, 5.41) is 3.25. The van der Waals surface area contributed by atoms with Crippen LogP contribution in [0, 0.1) is 0 Å². The first-order valence-corrected chi connectivity index (χ1v) is 6.76. The highest BCUT2D eigenvalue weighted by Crippen LogP contribution is 2.20. The van der Waals surface area contributed by atoms with Crippen molar-refractivity contribution in [3.8, 4) is 0 Å². The lowest BCUT2D eigenvalue weighted by molar-refractivity contribution is 0.194. The second-order valence-electron chi connectivity index (χ2n) is 5.08. The van der Waals surface area contributed by atoms with E-state index in [9.17, 15) is 0 Å². The summed E-state index contributed by atoms with van der Waals surface area (Å²) in [6.45, 7) is 5.82. The van der Waals surface area contributed by atoms with Gasteiger partial charge in [-0.25, -0.2) is 0 Å². The lowest BCUT2D eigenvalue weighted by Crippen LogP contribution is -2.34. The second-order valence-corrected chi connectivity index (χ2v) is 5.08. The van der Waals surface area contributed by atoms with Crippen molar-refractivity contribution in [2.24, 2.45) is 0 Å². The summed E-state index contributed by atoms with van der Waals surface area (Å²) in [6, 6.07) is 9.59. The number of hydrogen-bond donors (Lipinski definition) is 1. The number of hydrogen-bond acceptors (Lipinski definition) is 2. The topological polar surface area (TPSA) is 15.3 Å². The molecule has 2 heteroatoms. The van der Waals surface area contributed by atoms with Crippen LogP contribution < -0.4 is 5.32 Å². The normalized spacial score (nSPS) is 18.5. The van der Waals surface area contributed by atoms with Gasteiger partial charge in [-0.3, -0.25) is 4.90 Å². The molecule has 1 N–H and O–H groups in total. The summed E-state index contributed by atoms with van der Waals surface area (Å²) < 4.78 is 0. The number of aryl methyl sites for hydroxylation is 1. The van der Waals surface area contributed by atoms with Crippen LogP contribution in [0.25, 0.3) is 0 Å². The molecule has 1 aliphatic heterocycles. The molecule has 1 atom stereocenters. The van der Waals surface area contributed by atoms with Gasteiger partial charge in [-0.2, -0.15) is 0 Å². The first-order chi connectivity index (χ1) is 8.31. The lowest BCUT2D eigenvalue weighted by atomic mass is 10.0. The minimum absolute atomic E-state index is 0.675. The fourth-order valence-electron chi connectivity index (χ4n) is 2.64. The van der Waals surface area contributed by atoms with Gasteiger partial charge in [0.2, 0.25) is 0 Å². The average molecular weight is 232 g/mol. The van der Waals surface area contributed by atoms with E-state index in [2.05, 4.69) is 41.4 Å². The molecule has 1 aliphatic rings. The van der Waals surface area contributed by atoms with Gasteiger partial charge in [0.15, 0.2) is 0 Å². The van der Waals surface area contributed by atoms with E-state index in [0.29, 0.717) is 6.04 Å². The molecular weight excluding hydrogens is 208 g/mol. The van der Waals surface area contributed by atoms with Gasteiger partial charge in [-0.05, 0) is 57.5 Å². The highest BCUT2D eigenvalue weighted by Gasteiger charge is 2.18. The molecular formula is C15H24N2. The summed E-state index contributed by atoms with van der Waals surface area (Å²) in [7, 11) is 2.03. The smallest absolute Gasteiger partial charge is 0.0239 e. The first-order valence-electron chi connectivity index (χ1n) is 6.76. The summed E-state index contributed by atoms with van der Waals surface area (Å²) in [5.74, 6) is 0. The monoisotopic (exact) mass is 232 g/mol. The first kappa shape index (κ1) is 12.6. The van der Waals surface area contributed by atoms with Crippen molar-refractivity contribution in [3.05, 3.63) is 35.4 Å². The predicted octanol–water partition coefficient (Wildman–Crippen LogP) is 2.43. The Morgan fingerprint density at radius 2 is 2.06 bits per heavy atom. The molecule has 0 aromatic heterocycles. The molecule has 1 aromatic rings. The predicted molar refractivity (Wildman–Crippen MR) is 73.2 cm³/mol.